The van der Waals surface area contributed by atoms with Crippen LogP contribution in [0.1, 0.15) is 0 Å². The van der Waals surface area contributed by atoms with Crippen molar-refractivity contribution in [1.82, 2.24) is 29.9 Å². The second-order valence-electron chi connectivity index (χ2n) is 28.8. The first-order valence-corrected chi connectivity index (χ1v) is 38.4. The lowest BCUT2D eigenvalue weighted by molar-refractivity contribution is 0.668. The maximum atomic E-state index is 6.50. The molecule has 4 aromatic heterocycles. The molecule has 8 nitrogen and oxygen atoms in total. The number of benzene rings is 18. The number of fused-ring (bicyclic) bond motifs is 12. The van der Waals surface area contributed by atoms with Gasteiger partial charge in [-0.3, -0.25) is 0 Å². The molecule has 0 atom stereocenters. The molecule has 4 heterocycles. The highest BCUT2D eigenvalue weighted by molar-refractivity contribution is 6.15. The zero-order valence-electron chi connectivity index (χ0n) is 61.6. The third-order valence-corrected chi connectivity index (χ3v) is 21.9. The number of hydrogen-bond acceptors (Lipinski definition) is 8. The second-order valence-corrected chi connectivity index (χ2v) is 28.8. The van der Waals surface area contributed by atoms with Crippen molar-refractivity contribution in [2.75, 3.05) is 0 Å². The molecule has 532 valence electrons. The molecule has 0 N–H and O–H groups in total. The Balaban J connectivity index is 0.000000143. The molecule has 0 radical (unpaired) electrons. The van der Waals surface area contributed by atoms with E-state index in [1.807, 2.05) is 103 Å². The van der Waals surface area contributed by atoms with Crippen LogP contribution in [0.25, 0.3) is 222 Å². The highest BCUT2D eigenvalue weighted by Gasteiger charge is 2.23. The number of nitrogens with zero attached hydrogens (tertiary/aromatic N) is 6. The highest BCUT2D eigenvalue weighted by atomic mass is 16.3. The van der Waals surface area contributed by atoms with Crippen LogP contribution in [-0.4, -0.2) is 29.9 Å². The number of aromatic nitrogens is 6. The van der Waals surface area contributed by atoms with E-state index in [0.29, 0.717) is 34.9 Å². The van der Waals surface area contributed by atoms with Gasteiger partial charge in [-0.05, 0) is 171 Å². The van der Waals surface area contributed by atoms with Crippen LogP contribution in [0.3, 0.4) is 0 Å². The minimum Gasteiger partial charge on any atom is -0.456 e. The van der Waals surface area contributed by atoms with Gasteiger partial charge in [0, 0.05) is 54.9 Å². The van der Waals surface area contributed by atoms with Gasteiger partial charge in [0.15, 0.2) is 34.9 Å². The molecular formula is C106H66N6O2. The van der Waals surface area contributed by atoms with Gasteiger partial charge in [0.2, 0.25) is 0 Å². The maximum Gasteiger partial charge on any atom is 0.164 e. The first-order valence-electron chi connectivity index (χ1n) is 38.4. The van der Waals surface area contributed by atoms with E-state index in [-0.39, 0.29) is 0 Å². The minimum atomic E-state index is 0.591. The fraction of sp³-hybridized carbons (Fsp3) is 0. The van der Waals surface area contributed by atoms with E-state index in [9.17, 15) is 0 Å². The zero-order chi connectivity index (χ0) is 75.4. The Bertz CT molecular complexity index is 7470. The zero-order valence-corrected chi connectivity index (χ0v) is 61.6. The van der Waals surface area contributed by atoms with Crippen molar-refractivity contribution in [2.24, 2.45) is 0 Å². The summed E-state index contributed by atoms with van der Waals surface area (Å²) in [5, 5.41) is 14.0. The van der Waals surface area contributed by atoms with Gasteiger partial charge >= 0.3 is 0 Å². The molecule has 22 aromatic rings. The molecule has 114 heavy (non-hydrogen) atoms. The largest absolute Gasteiger partial charge is 0.456 e. The van der Waals surface area contributed by atoms with Crippen LogP contribution >= 0.6 is 0 Å². The Morgan fingerprint density at radius 3 is 1.01 bits per heavy atom. The lowest BCUT2D eigenvalue weighted by atomic mass is 9.94. The molecule has 0 saturated carbocycles. The molecule has 0 unspecified atom stereocenters. The van der Waals surface area contributed by atoms with Crippen LogP contribution in [-0.2, 0) is 0 Å². The molecule has 0 saturated heterocycles. The average molecular weight is 1460 g/mol. The molecule has 0 fully saturated rings. The van der Waals surface area contributed by atoms with Gasteiger partial charge in [-0.2, -0.15) is 0 Å². The van der Waals surface area contributed by atoms with Crippen molar-refractivity contribution in [3.63, 3.8) is 0 Å². The summed E-state index contributed by atoms with van der Waals surface area (Å²) in [6.45, 7) is 0. The molecule has 0 aliphatic carbocycles. The molecule has 8 heteroatoms. The fourth-order valence-corrected chi connectivity index (χ4v) is 16.2. The first-order chi connectivity index (χ1) is 56.4. The summed E-state index contributed by atoms with van der Waals surface area (Å²) in [7, 11) is 0. The third-order valence-electron chi connectivity index (χ3n) is 21.9. The van der Waals surface area contributed by atoms with Gasteiger partial charge in [0.25, 0.3) is 0 Å². The summed E-state index contributed by atoms with van der Waals surface area (Å²) < 4.78 is 13.0. The maximum absolute atomic E-state index is 6.50. The lowest BCUT2D eigenvalue weighted by Gasteiger charge is -2.12. The van der Waals surface area contributed by atoms with E-state index in [2.05, 4.69) is 297 Å². The van der Waals surface area contributed by atoms with Crippen molar-refractivity contribution in [1.29, 1.82) is 0 Å². The number of furan rings is 2. The summed E-state index contributed by atoms with van der Waals surface area (Å²) in [6.07, 6.45) is 0. The van der Waals surface area contributed by atoms with Crippen LogP contribution in [0.5, 0.6) is 0 Å². The van der Waals surface area contributed by atoms with Crippen molar-refractivity contribution >= 4 is 87.0 Å². The van der Waals surface area contributed by atoms with Gasteiger partial charge in [0.1, 0.15) is 22.3 Å². The third kappa shape index (κ3) is 12.5. The average Bonchev–Trinajstić information content (AvgIpc) is 1.56. The second kappa shape index (κ2) is 28.6. The number of rotatable bonds is 12. The Hall–Kier alpha value is -15.4. The van der Waals surface area contributed by atoms with Crippen LogP contribution in [0, 0.1) is 0 Å². The Morgan fingerprint density at radius 1 is 0.140 bits per heavy atom. The molecule has 0 spiro atoms. The van der Waals surface area contributed by atoms with E-state index in [1.54, 1.807) is 0 Å². The summed E-state index contributed by atoms with van der Waals surface area (Å²) >= 11 is 0. The van der Waals surface area contributed by atoms with Gasteiger partial charge < -0.3 is 8.83 Å². The molecule has 0 aliphatic rings. The monoisotopic (exact) mass is 1450 g/mol. The van der Waals surface area contributed by atoms with E-state index < -0.39 is 0 Å². The van der Waals surface area contributed by atoms with Gasteiger partial charge in [-0.15, -0.1) is 0 Å². The van der Waals surface area contributed by atoms with Gasteiger partial charge in [-0.25, -0.2) is 29.9 Å². The molecular weight excluding hydrogens is 1390 g/mol. The smallest absolute Gasteiger partial charge is 0.164 e. The van der Waals surface area contributed by atoms with Crippen LogP contribution < -0.4 is 0 Å². The lowest BCUT2D eigenvalue weighted by Crippen LogP contribution is -2.01. The summed E-state index contributed by atoms with van der Waals surface area (Å²) in [5.41, 5.74) is 22.3. The highest BCUT2D eigenvalue weighted by Crippen LogP contribution is 2.44. The van der Waals surface area contributed by atoms with Crippen molar-refractivity contribution in [3.8, 4) is 135 Å². The summed E-state index contributed by atoms with van der Waals surface area (Å²) in [6, 6.07) is 140. The van der Waals surface area contributed by atoms with Crippen molar-refractivity contribution in [3.05, 3.63) is 400 Å². The van der Waals surface area contributed by atoms with E-state index >= 15 is 0 Å². The molecule has 0 amide bonds. The minimum absolute atomic E-state index is 0.591. The van der Waals surface area contributed by atoms with Crippen LogP contribution in [0.2, 0.25) is 0 Å². The molecule has 0 aliphatic heterocycles. The number of hydrogen-bond donors (Lipinski definition) is 0. The fourth-order valence-electron chi connectivity index (χ4n) is 16.2. The van der Waals surface area contributed by atoms with Crippen molar-refractivity contribution < 1.29 is 8.83 Å². The normalized spacial score (nSPS) is 11.5. The van der Waals surface area contributed by atoms with Crippen molar-refractivity contribution in [2.45, 2.75) is 0 Å². The quantitative estimate of drug-likeness (QED) is 0.111. The molecule has 22 rings (SSSR count). The molecule has 0 bridgehead atoms. The SMILES string of the molecule is c1ccc(-c2cccc(-c3nc(-c4ccccc4)nc(-c4cccc5oc6ccc(-c7cccc(-c8ccc9ccc%10ccccc%10c9c8)c7)cc6c45)n3)c2)cc1.c1ccc(-c2nc(-c3ccccc3-c3ccccc3)nc(-c3cccc4oc5ccc(-c6ccc(-c7ccc8c(ccc9ccccc98)c7)cc6)cc5c34)n2)cc1. The standard InChI is InChI=1S/2C53H33N3O/c1-3-12-34(13-4-1)38-17-10-20-43(31-38)52-54-51(37-15-5-2-6-16-37)55-53(56-52)45-22-11-23-49-50(45)47-33-42(28-29-48(47)57-49)40-19-9-18-39(30-40)41-27-26-36-25-24-35-14-7-8-21-44(35)46(36)32-41;1-3-12-36(13-4-1)43-18-9-10-19-45(43)52-54-51(38-15-5-2-6-16-38)55-53(56-52)46-20-11-21-49-50(46)47-33-40(29-31-48(47)57-49)35-24-22-34(23-25-35)39-28-30-44-41(32-39)27-26-37-14-7-8-17-42(37)44/h2*1-33H. The topological polar surface area (TPSA) is 104 Å². The van der Waals surface area contributed by atoms with Gasteiger partial charge in [0.05, 0.1) is 0 Å². The van der Waals surface area contributed by atoms with E-state index in [4.69, 9.17) is 38.7 Å². The van der Waals surface area contributed by atoms with Crippen LogP contribution in [0.4, 0.5) is 0 Å². The predicted molar refractivity (Wildman–Crippen MR) is 469 cm³/mol. The Morgan fingerprint density at radius 2 is 0.447 bits per heavy atom. The van der Waals surface area contributed by atoms with Crippen LogP contribution in [0.15, 0.2) is 409 Å². The Labute approximate surface area is 657 Å². The first kappa shape index (κ1) is 66.8. The van der Waals surface area contributed by atoms with Gasteiger partial charge in [-0.1, -0.05) is 340 Å². The summed E-state index contributed by atoms with van der Waals surface area (Å²) in [5.74, 6) is 3.64. The summed E-state index contributed by atoms with van der Waals surface area (Å²) in [4.78, 5) is 30.7. The molecule has 18 aromatic carbocycles. The van der Waals surface area contributed by atoms with E-state index in [1.165, 1.54) is 65.3 Å². The predicted octanol–water partition coefficient (Wildman–Crippen LogP) is 28.2. The Kier molecular flexibility index (Phi) is 16.7. The van der Waals surface area contributed by atoms with E-state index in [0.717, 1.165) is 122 Å².